The van der Waals surface area contributed by atoms with Gasteiger partial charge in [0.05, 0.1) is 23.2 Å². The maximum atomic E-state index is 13.1. The number of fused-ring (bicyclic) bond motifs is 1. The van der Waals surface area contributed by atoms with E-state index < -0.39 is 0 Å². The summed E-state index contributed by atoms with van der Waals surface area (Å²) in [4.78, 5) is 17.8. The summed E-state index contributed by atoms with van der Waals surface area (Å²) < 4.78 is 7.18. The van der Waals surface area contributed by atoms with E-state index in [-0.39, 0.29) is 11.7 Å². The maximum absolute atomic E-state index is 13.1. The molecule has 0 fully saturated rings. The Morgan fingerprint density at radius 1 is 1.00 bits per heavy atom. The zero-order valence-electron chi connectivity index (χ0n) is 17.0. The Morgan fingerprint density at radius 2 is 1.70 bits per heavy atom. The summed E-state index contributed by atoms with van der Waals surface area (Å²) in [5, 5.41) is 5.02. The first kappa shape index (κ1) is 19.6. The van der Waals surface area contributed by atoms with Gasteiger partial charge in [-0.3, -0.25) is 4.79 Å². The van der Waals surface area contributed by atoms with Crippen molar-refractivity contribution in [1.82, 2.24) is 9.66 Å². The number of benzene rings is 3. The molecule has 4 aromatic rings. The lowest BCUT2D eigenvalue weighted by Crippen LogP contribution is -2.20. The highest BCUT2D eigenvalue weighted by atomic mass is 16.5. The van der Waals surface area contributed by atoms with Crippen LogP contribution in [0.3, 0.4) is 0 Å². The van der Waals surface area contributed by atoms with Gasteiger partial charge in [-0.1, -0.05) is 49.4 Å². The van der Waals surface area contributed by atoms with Gasteiger partial charge in [-0.2, -0.15) is 9.78 Å². The van der Waals surface area contributed by atoms with Gasteiger partial charge in [0.15, 0.2) is 5.82 Å². The molecule has 0 aliphatic rings. The van der Waals surface area contributed by atoms with E-state index in [1.165, 1.54) is 4.68 Å². The lowest BCUT2D eigenvalue weighted by molar-refractivity contribution is 0.217. The highest BCUT2D eigenvalue weighted by Crippen LogP contribution is 2.19. The third kappa shape index (κ3) is 4.15. The van der Waals surface area contributed by atoms with E-state index in [9.17, 15) is 4.79 Å². The van der Waals surface area contributed by atoms with Gasteiger partial charge in [-0.15, -0.1) is 0 Å². The predicted octanol–water partition coefficient (Wildman–Crippen LogP) is 5.12. The fourth-order valence-electron chi connectivity index (χ4n) is 3.08. The Balaban J connectivity index is 1.74. The second kappa shape index (κ2) is 8.74. The molecule has 0 aliphatic carbocycles. The molecule has 0 amide bonds. The lowest BCUT2D eigenvalue weighted by atomic mass is 10.2. The quantitative estimate of drug-likeness (QED) is 0.424. The Labute approximate surface area is 175 Å². The van der Waals surface area contributed by atoms with Gasteiger partial charge in [0.1, 0.15) is 5.75 Å². The largest absolute Gasteiger partial charge is 0.491 e. The Kier molecular flexibility index (Phi) is 5.70. The van der Waals surface area contributed by atoms with Crippen LogP contribution in [0.2, 0.25) is 0 Å². The van der Waals surface area contributed by atoms with Gasteiger partial charge in [0.2, 0.25) is 0 Å². The van der Waals surface area contributed by atoms with Crippen molar-refractivity contribution in [2.75, 3.05) is 0 Å². The molecule has 3 aromatic carbocycles. The molecule has 0 spiro atoms. The third-order valence-corrected chi connectivity index (χ3v) is 4.90. The van der Waals surface area contributed by atoms with E-state index in [0.717, 1.165) is 23.3 Å². The van der Waals surface area contributed by atoms with Gasteiger partial charge < -0.3 is 4.74 Å². The third-order valence-electron chi connectivity index (χ3n) is 4.90. The first-order chi connectivity index (χ1) is 14.7. The van der Waals surface area contributed by atoms with Crippen LogP contribution in [0, 0.1) is 0 Å². The van der Waals surface area contributed by atoms with Crippen LogP contribution in [0.4, 0.5) is 0 Å². The number of rotatable bonds is 6. The number of hydrogen-bond donors (Lipinski definition) is 0. The molecule has 4 rings (SSSR count). The zero-order chi connectivity index (χ0) is 20.9. The molecular weight excluding hydrogens is 374 g/mol. The van der Waals surface area contributed by atoms with Crippen molar-refractivity contribution < 1.29 is 4.74 Å². The number of hydrogen-bond acceptors (Lipinski definition) is 4. The summed E-state index contributed by atoms with van der Waals surface area (Å²) in [5.74, 6) is 1.32. The molecule has 150 valence electrons. The average Bonchev–Trinajstić information content (AvgIpc) is 2.80. The van der Waals surface area contributed by atoms with Gasteiger partial charge in [-0.05, 0) is 55.3 Å². The van der Waals surface area contributed by atoms with Gasteiger partial charge >= 0.3 is 0 Å². The molecule has 0 saturated carbocycles. The molecular formula is C25H23N3O2. The van der Waals surface area contributed by atoms with Crippen LogP contribution in [-0.4, -0.2) is 22.0 Å². The van der Waals surface area contributed by atoms with E-state index in [4.69, 9.17) is 9.72 Å². The van der Waals surface area contributed by atoms with Gasteiger partial charge in [-0.25, -0.2) is 4.98 Å². The first-order valence-electron chi connectivity index (χ1n) is 10.0. The van der Waals surface area contributed by atoms with Crippen molar-refractivity contribution in [1.29, 1.82) is 0 Å². The van der Waals surface area contributed by atoms with Crippen LogP contribution in [0.25, 0.3) is 22.3 Å². The highest BCUT2D eigenvalue weighted by Gasteiger charge is 2.12. The summed E-state index contributed by atoms with van der Waals surface area (Å²) in [6.45, 7) is 4.13. The number of nitrogens with zero attached hydrogens (tertiary/aromatic N) is 3. The molecule has 0 bridgehead atoms. The molecule has 0 radical (unpaired) electrons. The molecule has 0 unspecified atom stereocenters. The Hall–Kier alpha value is -3.73. The molecule has 1 heterocycles. The molecule has 0 N–H and O–H groups in total. The standard InChI is InChI=1S/C25H23N3O2/c1-3-18(2)30-21-15-13-19(14-16-21)17-26-28-24(20-9-5-4-6-10-20)27-23-12-8-7-11-22(23)25(28)29/h4-18H,3H2,1-2H3/t18-/m1/s1. The van der Waals surface area contributed by atoms with Crippen LogP contribution in [0.5, 0.6) is 5.75 Å². The Morgan fingerprint density at radius 3 is 2.43 bits per heavy atom. The summed E-state index contributed by atoms with van der Waals surface area (Å²) in [6, 6.07) is 24.6. The molecule has 30 heavy (non-hydrogen) atoms. The molecule has 1 aromatic heterocycles. The molecule has 1 atom stereocenters. The summed E-state index contributed by atoms with van der Waals surface area (Å²) in [6.07, 6.45) is 2.78. The smallest absolute Gasteiger partial charge is 0.282 e. The monoisotopic (exact) mass is 397 g/mol. The summed E-state index contributed by atoms with van der Waals surface area (Å²) >= 11 is 0. The minimum Gasteiger partial charge on any atom is -0.491 e. The number of ether oxygens (including phenoxy) is 1. The second-order valence-corrected chi connectivity index (χ2v) is 7.09. The molecule has 5 heteroatoms. The molecule has 5 nitrogen and oxygen atoms in total. The highest BCUT2D eigenvalue weighted by molar-refractivity contribution is 5.82. The minimum absolute atomic E-state index is 0.167. The first-order valence-corrected chi connectivity index (χ1v) is 10.0. The lowest BCUT2D eigenvalue weighted by Gasteiger charge is -2.12. The van der Waals surface area contributed by atoms with Crippen molar-refractivity contribution in [2.24, 2.45) is 5.10 Å². The van der Waals surface area contributed by atoms with Gasteiger partial charge in [0, 0.05) is 5.56 Å². The van der Waals surface area contributed by atoms with Gasteiger partial charge in [0.25, 0.3) is 5.56 Å². The van der Waals surface area contributed by atoms with Crippen LogP contribution in [0.15, 0.2) is 88.8 Å². The van der Waals surface area contributed by atoms with Crippen molar-refractivity contribution >= 4 is 17.1 Å². The predicted molar refractivity (Wildman–Crippen MR) is 121 cm³/mol. The Bertz CT molecular complexity index is 1230. The summed E-state index contributed by atoms with van der Waals surface area (Å²) in [5.41, 5.74) is 2.15. The average molecular weight is 397 g/mol. The van der Waals surface area contributed by atoms with Crippen LogP contribution in [-0.2, 0) is 0 Å². The maximum Gasteiger partial charge on any atom is 0.282 e. The van der Waals surface area contributed by atoms with Crippen molar-refractivity contribution in [3.63, 3.8) is 0 Å². The van der Waals surface area contributed by atoms with Crippen LogP contribution >= 0.6 is 0 Å². The van der Waals surface area contributed by atoms with Crippen molar-refractivity contribution in [2.45, 2.75) is 26.4 Å². The van der Waals surface area contributed by atoms with Crippen molar-refractivity contribution in [3.05, 3.63) is 94.8 Å². The van der Waals surface area contributed by atoms with E-state index >= 15 is 0 Å². The van der Waals surface area contributed by atoms with E-state index in [1.807, 2.05) is 79.7 Å². The second-order valence-electron chi connectivity index (χ2n) is 7.09. The fraction of sp³-hybridized carbons (Fsp3) is 0.160. The van der Waals surface area contributed by atoms with E-state index in [1.54, 1.807) is 12.3 Å². The summed E-state index contributed by atoms with van der Waals surface area (Å²) in [7, 11) is 0. The topological polar surface area (TPSA) is 56.5 Å². The number of para-hydroxylation sites is 1. The van der Waals surface area contributed by atoms with Crippen LogP contribution in [0.1, 0.15) is 25.8 Å². The fourth-order valence-corrected chi connectivity index (χ4v) is 3.08. The molecule has 0 aliphatic heterocycles. The zero-order valence-corrected chi connectivity index (χ0v) is 17.0. The SMILES string of the molecule is CC[C@@H](C)Oc1ccc(C=Nn2c(-c3ccccc3)nc3ccccc3c2=O)cc1. The van der Waals surface area contributed by atoms with E-state index in [0.29, 0.717) is 16.7 Å². The minimum atomic E-state index is -0.201. The molecule has 0 saturated heterocycles. The normalized spacial score (nSPS) is 12.3. The van der Waals surface area contributed by atoms with Crippen molar-refractivity contribution in [3.8, 4) is 17.1 Å². The van der Waals surface area contributed by atoms with E-state index in [2.05, 4.69) is 12.0 Å². The van der Waals surface area contributed by atoms with Crippen LogP contribution < -0.4 is 10.3 Å². The number of aromatic nitrogens is 2.